The number of fused-ring (bicyclic) bond motifs is 3. The Labute approximate surface area is 99.8 Å². The van der Waals surface area contributed by atoms with Crippen LogP contribution in [0, 0.1) is 11.6 Å². The number of hydrogen-bond donors (Lipinski definition) is 0. The molecule has 17 heavy (non-hydrogen) atoms. The molecule has 92 valence electrons. The minimum Gasteiger partial charge on any atom is -0.368 e. The van der Waals surface area contributed by atoms with Crippen molar-refractivity contribution in [3.8, 4) is 0 Å². The van der Waals surface area contributed by atoms with Gasteiger partial charge in [0, 0.05) is 18.4 Å². The van der Waals surface area contributed by atoms with Gasteiger partial charge in [0.25, 0.3) is 0 Å². The summed E-state index contributed by atoms with van der Waals surface area (Å²) in [6.45, 7) is 6.05. The smallest absolute Gasteiger partial charge is 0.129 e. The van der Waals surface area contributed by atoms with E-state index in [1.54, 1.807) is 0 Å². The number of hydrogen-bond acceptors (Lipinski definition) is 1. The molecule has 1 aromatic rings. The van der Waals surface area contributed by atoms with Gasteiger partial charge >= 0.3 is 0 Å². The van der Waals surface area contributed by atoms with Crippen LogP contribution in [0.5, 0.6) is 0 Å². The van der Waals surface area contributed by atoms with Gasteiger partial charge in [-0.2, -0.15) is 0 Å². The molecule has 1 saturated heterocycles. The van der Waals surface area contributed by atoms with Gasteiger partial charge in [-0.3, -0.25) is 0 Å². The topological polar surface area (TPSA) is 9.23 Å². The molecule has 0 amide bonds. The average molecular weight is 238 g/mol. The molecule has 3 heteroatoms. The van der Waals surface area contributed by atoms with Gasteiger partial charge in [0.1, 0.15) is 11.6 Å². The van der Waals surface area contributed by atoms with E-state index in [0.29, 0.717) is 12.0 Å². The lowest BCUT2D eigenvalue weighted by molar-refractivity contribution is -0.0746. The average Bonchev–Trinajstić information content (AvgIpc) is 2.47. The van der Waals surface area contributed by atoms with E-state index in [9.17, 15) is 8.78 Å². The summed E-state index contributed by atoms with van der Waals surface area (Å²) < 4.78 is 33.2. The predicted molar refractivity (Wildman–Crippen MR) is 61.0 cm³/mol. The van der Waals surface area contributed by atoms with E-state index in [2.05, 4.69) is 0 Å². The number of rotatable bonds is 0. The Morgan fingerprint density at radius 2 is 1.94 bits per heavy atom. The maximum absolute atomic E-state index is 13.9. The van der Waals surface area contributed by atoms with Crippen LogP contribution in [0.3, 0.4) is 0 Å². The van der Waals surface area contributed by atoms with E-state index in [4.69, 9.17) is 4.74 Å². The largest absolute Gasteiger partial charge is 0.368 e. The van der Waals surface area contributed by atoms with Gasteiger partial charge in [0.2, 0.25) is 0 Å². The maximum atomic E-state index is 13.9. The van der Waals surface area contributed by atoms with Gasteiger partial charge in [-0.15, -0.1) is 0 Å². The molecular weight excluding hydrogens is 222 g/mol. The highest BCUT2D eigenvalue weighted by Crippen LogP contribution is 2.55. The van der Waals surface area contributed by atoms with E-state index < -0.39 is 11.6 Å². The van der Waals surface area contributed by atoms with Crippen LogP contribution in [0.2, 0.25) is 0 Å². The minimum absolute atomic E-state index is 0.0492. The molecule has 3 rings (SSSR count). The normalized spacial score (nSPS) is 33.6. The first kappa shape index (κ1) is 11.1. The molecule has 0 unspecified atom stereocenters. The Bertz CT molecular complexity index is 495. The van der Waals surface area contributed by atoms with Crippen molar-refractivity contribution in [3.63, 3.8) is 0 Å². The van der Waals surface area contributed by atoms with Crippen molar-refractivity contribution in [2.75, 3.05) is 0 Å². The summed E-state index contributed by atoms with van der Waals surface area (Å²) >= 11 is 0. The second kappa shape index (κ2) is 3.08. The van der Waals surface area contributed by atoms with Crippen LogP contribution < -0.4 is 0 Å². The Hall–Kier alpha value is -0.960. The van der Waals surface area contributed by atoms with Crippen LogP contribution in [-0.2, 0) is 11.2 Å². The van der Waals surface area contributed by atoms with Crippen molar-refractivity contribution >= 4 is 0 Å². The highest BCUT2D eigenvalue weighted by Gasteiger charge is 2.54. The summed E-state index contributed by atoms with van der Waals surface area (Å²) in [6.07, 6.45) is 1.39. The lowest BCUT2D eigenvalue weighted by Gasteiger charge is -2.26. The number of benzene rings is 1. The lowest BCUT2D eigenvalue weighted by Crippen LogP contribution is -2.30. The molecule has 0 radical (unpaired) electrons. The molecule has 2 atom stereocenters. The van der Waals surface area contributed by atoms with Crippen molar-refractivity contribution in [1.29, 1.82) is 0 Å². The fourth-order valence-corrected chi connectivity index (χ4v) is 3.57. The van der Waals surface area contributed by atoms with E-state index in [-0.39, 0.29) is 17.1 Å². The molecule has 2 aliphatic rings. The van der Waals surface area contributed by atoms with Crippen molar-refractivity contribution in [2.45, 2.75) is 50.7 Å². The summed E-state index contributed by atoms with van der Waals surface area (Å²) in [5.41, 5.74) is 0.836. The first-order chi connectivity index (χ1) is 7.81. The lowest BCUT2D eigenvalue weighted by atomic mass is 9.86. The molecule has 0 aromatic heterocycles. The number of halogens is 2. The zero-order valence-electron chi connectivity index (χ0n) is 10.3. The van der Waals surface area contributed by atoms with E-state index in [0.717, 1.165) is 18.1 Å². The summed E-state index contributed by atoms with van der Waals surface area (Å²) in [7, 11) is 0. The Kier molecular flexibility index (Phi) is 2.02. The molecule has 0 spiro atoms. The molecular formula is C14H16F2O. The molecule has 1 heterocycles. The van der Waals surface area contributed by atoms with Gasteiger partial charge in [-0.1, -0.05) is 0 Å². The Balaban J connectivity index is 2.13. The van der Waals surface area contributed by atoms with Crippen LogP contribution in [0.25, 0.3) is 0 Å². The van der Waals surface area contributed by atoms with Crippen LogP contribution in [0.4, 0.5) is 8.78 Å². The van der Waals surface area contributed by atoms with Gasteiger partial charge in [0.15, 0.2) is 0 Å². The van der Waals surface area contributed by atoms with Crippen LogP contribution in [0.1, 0.15) is 44.2 Å². The quantitative estimate of drug-likeness (QED) is 0.671. The van der Waals surface area contributed by atoms with Crippen molar-refractivity contribution in [1.82, 2.24) is 0 Å². The molecule has 1 aliphatic heterocycles. The van der Waals surface area contributed by atoms with Gasteiger partial charge in [-0.25, -0.2) is 8.78 Å². The standard InChI is InChI=1S/C14H16F2O/c1-13(2)7-10-12-8(6-14(10,3)17-13)4-9(15)5-11(12)16/h4-5,10H,6-7H2,1-3H3/t10-,14+/m1/s1. The zero-order chi connectivity index (χ0) is 12.4. The highest BCUT2D eigenvalue weighted by atomic mass is 19.1. The van der Waals surface area contributed by atoms with Gasteiger partial charge in [0.05, 0.1) is 11.2 Å². The molecule has 1 aliphatic carbocycles. The van der Waals surface area contributed by atoms with E-state index in [1.165, 1.54) is 6.07 Å². The molecule has 1 nitrogen and oxygen atoms in total. The molecule has 0 N–H and O–H groups in total. The fraction of sp³-hybridized carbons (Fsp3) is 0.571. The van der Waals surface area contributed by atoms with Crippen molar-refractivity contribution in [3.05, 3.63) is 34.9 Å². The molecule has 1 aromatic carbocycles. The van der Waals surface area contributed by atoms with Crippen molar-refractivity contribution < 1.29 is 13.5 Å². The molecule has 1 fully saturated rings. The van der Waals surface area contributed by atoms with Crippen LogP contribution in [-0.4, -0.2) is 11.2 Å². The van der Waals surface area contributed by atoms with Crippen LogP contribution >= 0.6 is 0 Å². The minimum atomic E-state index is -0.496. The molecule has 0 bridgehead atoms. The monoisotopic (exact) mass is 238 g/mol. The van der Waals surface area contributed by atoms with Crippen molar-refractivity contribution in [2.24, 2.45) is 0 Å². The fourth-order valence-electron chi connectivity index (χ4n) is 3.57. The van der Waals surface area contributed by atoms with E-state index in [1.807, 2.05) is 20.8 Å². The van der Waals surface area contributed by atoms with Crippen LogP contribution in [0.15, 0.2) is 12.1 Å². The zero-order valence-corrected chi connectivity index (χ0v) is 10.3. The first-order valence-corrected chi connectivity index (χ1v) is 5.99. The second-order valence-corrected chi connectivity index (χ2v) is 6.07. The summed E-state index contributed by atoms with van der Waals surface area (Å²) in [4.78, 5) is 0. The Morgan fingerprint density at radius 1 is 1.24 bits per heavy atom. The SMILES string of the molecule is CC1(C)C[C@@H]2c3c(F)cc(F)cc3C[C@]2(C)O1. The van der Waals surface area contributed by atoms with E-state index >= 15 is 0 Å². The number of ether oxygens (including phenoxy) is 1. The summed E-state index contributed by atoms with van der Waals surface area (Å²) in [6, 6.07) is 2.42. The first-order valence-electron chi connectivity index (χ1n) is 5.99. The van der Waals surface area contributed by atoms with Gasteiger partial charge in [-0.05, 0) is 44.4 Å². The third-order valence-corrected chi connectivity index (χ3v) is 4.01. The summed E-state index contributed by atoms with van der Waals surface area (Å²) in [5, 5.41) is 0. The highest BCUT2D eigenvalue weighted by molar-refractivity contribution is 5.42. The Morgan fingerprint density at radius 3 is 2.65 bits per heavy atom. The molecule has 0 saturated carbocycles. The summed E-state index contributed by atoms with van der Waals surface area (Å²) in [5.74, 6) is -0.868. The maximum Gasteiger partial charge on any atom is 0.129 e. The predicted octanol–water partition coefficient (Wildman–Crippen LogP) is 3.56. The van der Waals surface area contributed by atoms with Gasteiger partial charge < -0.3 is 4.74 Å². The second-order valence-electron chi connectivity index (χ2n) is 6.07. The third kappa shape index (κ3) is 1.52. The third-order valence-electron chi connectivity index (χ3n) is 4.01.